The number of aryl methyl sites for hydroxylation is 2. The van der Waals surface area contributed by atoms with Gasteiger partial charge in [0.15, 0.2) is 0 Å². The van der Waals surface area contributed by atoms with E-state index in [0.29, 0.717) is 11.1 Å². The van der Waals surface area contributed by atoms with Gasteiger partial charge in [0.05, 0.1) is 53.9 Å². The molecule has 3 heterocycles. The van der Waals surface area contributed by atoms with Crippen LogP contribution in [0, 0.1) is 25.7 Å². The Hall–Kier alpha value is -7.84. The van der Waals surface area contributed by atoms with E-state index >= 15 is 0 Å². The lowest BCUT2D eigenvalue weighted by molar-refractivity contribution is -0.159. The molecule has 20 nitrogen and oxygen atoms in total. The highest BCUT2D eigenvalue weighted by molar-refractivity contribution is 5.99. The first kappa shape index (κ1) is 64.7. The highest BCUT2D eigenvalue weighted by atomic mass is 16.6. The Balaban J connectivity index is 0.000000274. The van der Waals surface area contributed by atoms with Crippen LogP contribution in [0.5, 0.6) is 11.5 Å². The highest BCUT2D eigenvalue weighted by Crippen LogP contribution is 2.36. The Morgan fingerprint density at radius 3 is 1.43 bits per heavy atom. The molecule has 3 aliphatic heterocycles. The van der Waals surface area contributed by atoms with Gasteiger partial charge in [-0.15, -0.1) is 0 Å². The van der Waals surface area contributed by atoms with E-state index in [2.05, 4.69) is 4.74 Å². The van der Waals surface area contributed by atoms with Crippen LogP contribution < -0.4 is 4.74 Å². The maximum Gasteiger partial charge on any atom is 0.341 e. The summed E-state index contributed by atoms with van der Waals surface area (Å²) in [6.07, 6.45) is 0.311. The predicted octanol–water partition coefficient (Wildman–Crippen LogP) is 7.25. The van der Waals surface area contributed by atoms with Crippen molar-refractivity contribution in [2.45, 2.75) is 117 Å². The number of rotatable bonds is 12. The van der Waals surface area contributed by atoms with Gasteiger partial charge in [-0.05, 0) is 117 Å². The fourth-order valence-corrected chi connectivity index (χ4v) is 8.91. The summed E-state index contributed by atoms with van der Waals surface area (Å²) in [5.41, 5.74) is 1.47. The van der Waals surface area contributed by atoms with Gasteiger partial charge in [-0.1, -0.05) is 59.7 Å². The van der Waals surface area contributed by atoms with Gasteiger partial charge < -0.3 is 57.9 Å². The molecule has 0 aromatic heterocycles. The zero-order chi connectivity index (χ0) is 59.5. The molecule has 80 heavy (non-hydrogen) atoms. The largest absolute Gasteiger partial charge is 0.507 e. The number of nitrogens with zero attached hydrogens (tertiary/aromatic N) is 2. The summed E-state index contributed by atoms with van der Waals surface area (Å²) in [4.78, 5) is 103. The molecule has 20 heteroatoms. The van der Waals surface area contributed by atoms with Crippen molar-refractivity contribution in [3.05, 3.63) is 130 Å². The smallest absolute Gasteiger partial charge is 0.341 e. The minimum Gasteiger partial charge on any atom is -0.507 e. The Morgan fingerprint density at radius 2 is 0.988 bits per heavy atom. The first-order valence-electron chi connectivity index (χ1n) is 26.0. The van der Waals surface area contributed by atoms with Crippen LogP contribution in [0.4, 0.5) is 0 Å². The van der Waals surface area contributed by atoms with Crippen LogP contribution in [0.1, 0.15) is 120 Å². The number of aromatic hydroxyl groups is 1. The van der Waals surface area contributed by atoms with Crippen molar-refractivity contribution in [3.8, 4) is 11.5 Å². The number of amides is 2. The van der Waals surface area contributed by atoms with Crippen molar-refractivity contribution in [3.63, 3.8) is 0 Å². The van der Waals surface area contributed by atoms with Gasteiger partial charge in [-0.3, -0.25) is 19.2 Å². The molecule has 0 radical (unpaired) electrons. The average Bonchev–Trinajstić information content (AvgIpc) is 4.19. The molecule has 7 rings (SSSR count). The molecule has 0 aliphatic carbocycles. The summed E-state index contributed by atoms with van der Waals surface area (Å²) in [5.74, 6) is -5.78. The van der Waals surface area contributed by atoms with Gasteiger partial charge in [0.2, 0.25) is 0 Å². The second kappa shape index (κ2) is 29.9. The molecule has 3 aliphatic rings. The highest BCUT2D eigenvalue weighted by Gasteiger charge is 2.52. The summed E-state index contributed by atoms with van der Waals surface area (Å²) in [5, 5.41) is 19.6. The Kier molecular flexibility index (Phi) is 24.2. The van der Waals surface area contributed by atoms with E-state index in [1.165, 1.54) is 57.1 Å². The van der Waals surface area contributed by atoms with Gasteiger partial charge in [-0.2, -0.15) is 0 Å². The van der Waals surface area contributed by atoms with Crippen LogP contribution >= 0.6 is 0 Å². The van der Waals surface area contributed by atoms with E-state index in [9.17, 15) is 48.6 Å². The van der Waals surface area contributed by atoms with Crippen LogP contribution in [0.3, 0.4) is 0 Å². The maximum absolute atomic E-state index is 13.5. The van der Waals surface area contributed by atoms with Gasteiger partial charge in [0, 0.05) is 42.7 Å². The van der Waals surface area contributed by atoms with E-state index in [1.54, 1.807) is 133 Å². The Bertz CT molecular complexity index is 2740. The molecule has 434 valence electrons. The number of carbonyl (C=O) groups is 8. The van der Waals surface area contributed by atoms with E-state index in [4.69, 9.17) is 33.2 Å². The number of carbonyl (C=O) groups excluding carboxylic acids is 8. The number of hydrogen-bond donors (Lipinski definition) is 2. The molecular weight excluding hydrogens is 1040 g/mol. The van der Waals surface area contributed by atoms with Crippen LogP contribution in [-0.4, -0.2) is 158 Å². The minimum absolute atomic E-state index is 0.0184. The number of benzene rings is 4. The molecule has 4 aromatic rings. The van der Waals surface area contributed by atoms with E-state index < -0.39 is 95.0 Å². The second-order valence-electron chi connectivity index (χ2n) is 21.0. The summed E-state index contributed by atoms with van der Waals surface area (Å²) < 4.78 is 41.2. The first-order valence-corrected chi connectivity index (χ1v) is 26.0. The maximum atomic E-state index is 13.5. The van der Waals surface area contributed by atoms with Gasteiger partial charge in [0.1, 0.15) is 52.0 Å². The molecule has 0 saturated carbocycles. The number of likely N-dealkylation sites (tertiary alicyclic amines) is 2. The summed E-state index contributed by atoms with van der Waals surface area (Å²) in [6, 6.07) is 24.6. The number of aliphatic hydroxyl groups is 1. The zero-order valence-corrected chi connectivity index (χ0v) is 47.7. The SMILES string of the molecule is C1CCOC1.COC(=O)[C@@H]1[C@@H](CC(=O)OC(C)(C)C)[C@@H](O)CN1C(=O)c1ccccc1.COC(=O)c1cc(C)ccc1O.COC(=O)c1cc(C)ccc1O[C@@H]1CN(C(=O)c2ccccc2)[C@H](C(=O)OC)[C@H]1CC(=O)OC(C)(C)C. The molecular formula is C60H76N2O18. The van der Waals surface area contributed by atoms with Gasteiger partial charge in [-0.25, -0.2) is 19.2 Å². The number of methoxy groups -OCH3 is 4. The van der Waals surface area contributed by atoms with Gasteiger partial charge >= 0.3 is 35.8 Å². The third-order valence-electron chi connectivity index (χ3n) is 12.5. The summed E-state index contributed by atoms with van der Waals surface area (Å²) >= 11 is 0. The lowest BCUT2D eigenvalue weighted by Gasteiger charge is -2.27. The second-order valence-corrected chi connectivity index (χ2v) is 21.0. The van der Waals surface area contributed by atoms with E-state index in [0.717, 1.165) is 24.3 Å². The molecule has 3 fully saturated rings. The minimum atomic E-state index is -1.11. The van der Waals surface area contributed by atoms with Crippen LogP contribution in [0.25, 0.3) is 0 Å². The molecule has 3 saturated heterocycles. The van der Waals surface area contributed by atoms with Crippen molar-refractivity contribution in [1.82, 2.24) is 9.80 Å². The molecule has 6 atom stereocenters. The molecule has 0 unspecified atom stereocenters. The summed E-state index contributed by atoms with van der Waals surface area (Å²) in [6.45, 7) is 16.0. The molecule has 2 N–H and O–H groups in total. The van der Waals surface area contributed by atoms with Crippen molar-refractivity contribution in [2.75, 3.05) is 54.7 Å². The molecule has 0 bridgehead atoms. The van der Waals surface area contributed by atoms with Crippen LogP contribution in [0.15, 0.2) is 97.1 Å². The van der Waals surface area contributed by atoms with Crippen molar-refractivity contribution >= 4 is 47.6 Å². The number of ether oxygens (including phenoxy) is 8. The molecule has 4 aromatic carbocycles. The fraction of sp³-hybridized carbons (Fsp3) is 0.467. The van der Waals surface area contributed by atoms with Crippen molar-refractivity contribution < 1.29 is 86.5 Å². The van der Waals surface area contributed by atoms with Gasteiger partial charge in [0.25, 0.3) is 11.8 Å². The first-order chi connectivity index (χ1) is 37.7. The molecule has 2 amide bonds. The standard InChI is InChI=1S/C28H33NO8.C19H25NO6.C9H10O3.C4H8O/c1-17-12-13-21(20(14-17)26(32)34-5)36-22-16-29(25(31)18-10-8-7-9-11-18)24(27(33)35-6)19(22)15-23(30)37-28(2,3)4;1-19(2,3)26-15(22)10-13-14(21)11-20(16(13)18(24)25-4)17(23)12-8-6-5-7-9-12;1-6-3-4-8(10)7(5-6)9(11)12-2;1-2-4-5-3-1/h7-14,19,22,24H,15-16H2,1-6H3;5-9,13-14,16,21H,10-11H2,1-4H3;3-5,10H,1-2H3;1-4H2/t19-,22+,24-;13-,14-,16-;;/m00../s1. The third kappa shape index (κ3) is 18.9. The topological polar surface area (TPSA) is 257 Å². The van der Waals surface area contributed by atoms with Crippen molar-refractivity contribution in [1.29, 1.82) is 0 Å². The van der Waals surface area contributed by atoms with Crippen LogP contribution in [0.2, 0.25) is 0 Å². The number of aliphatic hydroxyl groups excluding tert-OH is 1. The zero-order valence-electron chi connectivity index (χ0n) is 47.7. The number of esters is 6. The van der Waals surface area contributed by atoms with Crippen LogP contribution in [-0.2, 0) is 52.3 Å². The van der Waals surface area contributed by atoms with E-state index in [1.807, 2.05) is 13.8 Å². The lowest BCUT2D eigenvalue weighted by Crippen LogP contribution is -2.44. The number of β-amino-alcohol motifs (C(OH)–C–C–N with tert-alkyl or cyclic N) is 1. The average molecular weight is 1110 g/mol. The number of hydrogen-bond acceptors (Lipinski definition) is 18. The Labute approximate surface area is 467 Å². The quantitative estimate of drug-likeness (QED) is 0.105. The third-order valence-corrected chi connectivity index (χ3v) is 12.5. The lowest BCUT2D eigenvalue weighted by atomic mass is 9.93. The van der Waals surface area contributed by atoms with Crippen molar-refractivity contribution in [2.24, 2.45) is 11.8 Å². The number of phenolic OH excluding ortho intramolecular Hbond substituents is 1. The fourth-order valence-electron chi connectivity index (χ4n) is 8.91. The normalized spacial score (nSPS) is 19.2. The number of phenols is 1. The van der Waals surface area contributed by atoms with E-state index in [-0.39, 0.29) is 48.6 Å². The molecule has 0 spiro atoms. The Morgan fingerprint density at radius 1 is 0.562 bits per heavy atom. The predicted molar refractivity (Wildman–Crippen MR) is 292 cm³/mol. The monoisotopic (exact) mass is 1110 g/mol. The summed E-state index contributed by atoms with van der Waals surface area (Å²) in [7, 11) is 4.98.